The maximum atomic E-state index is 12.8. The van der Waals surface area contributed by atoms with Gasteiger partial charge in [-0.25, -0.2) is 8.42 Å². The topological polar surface area (TPSA) is 130 Å². The fourth-order valence-electron chi connectivity index (χ4n) is 2.91. The van der Waals surface area contributed by atoms with Crippen LogP contribution in [0.25, 0.3) is 5.95 Å². The van der Waals surface area contributed by atoms with Gasteiger partial charge in [-0.2, -0.15) is 9.29 Å². The van der Waals surface area contributed by atoms with Gasteiger partial charge in [0.25, 0.3) is 11.9 Å². The molecule has 0 radical (unpaired) electrons. The van der Waals surface area contributed by atoms with Crippen LogP contribution in [0.3, 0.4) is 0 Å². The van der Waals surface area contributed by atoms with E-state index in [1.165, 1.54) is 21.5 Å². The average Bonchev–Trinajstić information content (AvgIpc) is 3.39. The highest BCUT2D eigenvalue weighted by molar-refractivity contribution is 7.89. The molecule has 1 saturated heterocycles. The number of carbonyl (C=O) groups excluding carboxylic acids is 1. The van der Waals surface area contributed by atoms with Crippen molar-refractivity contribution >= 4 is 15.9 Å². The van der Waals surface area contributed by atoms with Crippen molar-refractivity contribution in [2.75, 3.05) is 26.2 Å². The van der Waals surface area contributed by atoms with Gasteiger partial charge < -0.3 is 4.90 Å². The summed E-state index contributed by atoms with van der Waals surface area (Å²) in [4.78, 5) is 18.6. The molecule has 1 aliphatic rings. The first kappa shape index (κ1) is 18.3. The molecule has 11 nitrogen and oxygen atoms in total. The van der Waals surface area contributed by atoms with E-state index in [1.54, 1.807) is 29.2 Å². The van der Waals surface area contributed by atoms with Crippen LogP contribution in [-0.2, 0) is 10.0 Å². The number of amides is 1. The second-order valence-electron chi connectivity index (χ2n) is 6.36. The largest absolute Gasteiger partial charge is 0.333 e. The second-order valence-corrected chi connectivity index (χ2v) is 8.30. The van der Waals surface area contributed by atoms with Crippen molar-refractivity contribution < 1.29 is 13.2 Å². The van der Waals surface area contributed by atoms with Crippen LogP contribution < -0.4 is 0 Å². The van der Waals surface area contributed by atoms with Gasteiger partial charge in [-0.1, -0.05) is 17.7 Å². The van der Waals surface area contributed by atoms with E-state index in [-0.39, 0.29) is 48.8 Å². The van der Waals surface area contributed by atoms with Crippen molar-refractivity contribution in [1.82, 2.24) is 39.2 Å². The molecular formula is C16H18N8O3S. The van der Waals surface area contributed by atoms with Gasteiger partial charge in [0, 0.05) is 26.2 Å². The summed E-state index contributed by atoms with van der Waals surface area (Å²) in [5.41, 5.74) is 0.993. The van der Waals surface area contributed by atoms with E-state index in [9.17, 15) is 13.2 Å². The average molecular weight is 402 g/mol. The van der Waals surface area contributed by atoms with E-state index in [4.69, 9.17) is 0 Å². The molecule has 0 unspecified atom stereocenters. The number of hydrogen-bond acceptors (Lipinski definition) is 7. The van der Waals surface area contributed by atoms with E-state index < -0.39 is 10.0 Å². The molecule has 1 aromatic carbocycles. The monoisotopic (exact) mass is 402 g/mol. The summed E-state index contributed by atoms with van der Waals surface area (Å²) < 4.78 is 28.4. The van der Waals surface area contributed by atoms with E-state index >= 15 is 0 Å². The van der Waals surface area contributed by atoms with Gasteiger partial charge in [-0.05, 0) is 19.1 Å². The van der Waals surface area contributed by atoms with Crippen LogP contribution >= 0.6 is 0 Å². The fourth-order valence-corrected chi connectivity index (χ4v) is 4.33. The minimum Gasteiger partial charge on any atom is -0.333 e. The van der Waals surface area contributed by atoms with Crippen LogP contribution in [0.1, 0.15) is 16.2 Å². The van der Waals surface area contributed by atoms with Gasteiger partial charge >= 0.3 is 0 Å². The lowest BCUT2D eigenvalue weighted by Crippen LogP contribution is -2.50. The molecule has 1 amide bonds. The van der Waals surface area contributed by atoms with Crippen LogP contribution in [0, 0.1) is 6.92 Å². The minimum absolute atomic E-state index is 0.0820. The molecule has 1 fully saturated rings. The van der Waals surface area contributed by atoms with Crippen molar-refractivity contribution in [3.63, 3.8) is 0 Å². The number of hydrogen-bond donors (Lipinski definition) is 1. The predicted molar refractivity (Wildman–Crippen MR) is 97.1 cm³/mol. The summed E-state index contributed by atoms with van der Waals surface area (Å²) >= 11 is 0. The van der Waals surface area contributed by atoms with E-state index in [0.29, 0.717) is 0 Å². The van der Waals surface area contributed by atoms with E-state index in [1.807, 2.05) is 6.92 Å². The lowest BCUT2D eigenvalue weighted by Gasteiger charge is -2.33. The molecule has 0 atom stereocenters. The zero-order chi connectivity index (χ0) is 19.7. The van der Waals surface area contributed by atoms with Crippen LogP contribution in [0.5, 0.6) is 0 Å². The van der Waals surface area contributed by atoms with Crippen LogP contribution in [0.15, 0.2) is 41.8 Å². The molecule has 3 aromatic rings. The highest BCUT2D eigenvalue weighted by atomic mass is 32.2. The first-order valence-corrected chi connectivity index (χ1v) is 10.0. The second kappa shape index (κ2) is 7.13. The van der Waals surface area contributed by atoms with E-state index in [2.05, 4.69) is 25.4 Å². The number of aromatic nitrogens is 6. The third-order valence-corrected chi connectivity index (χ3v) is 6.42. The highest BCUT2D eigenvalue weighted by Crippen LogP contribution is 2.18. The predicted octanol–water partition coefficient (Wildman–Crippen LogP) is -0.159. The molecule has 0 bridgehead atoms. The van der Waals surface area contributed by atoms with Gasteiger partial charge in [-0.3, -0.25) is 14.5 Å². The maximum Gasteiger partial charge on any atom is 0.291 e. The number of aryl methyl sites for hydroxylation is 1. The molecule has 1 N–H and O–H groups in total. The number of carbonyl (C=O) groups is 1. The molecule has 12 heteroatoms. The Morgan fingerprint density at radius 3 is 2.32 bits per heavy atom. The molecule has 0 aliphatic carbocycles. The molecule has 146 valence electrons. The highest BCUT2D eigenvalue weighted by Gasteiger charge is 2.31. The van der Waals surface area contributed by atoms with Gasteiger partial charge in [0.1, 0.15) is 12.7 Å². The normalized spacial score (nSPS) is 15.7. The summed E-state index contributed by atoms with van der Waals surface area (Å²) in [6.07, 6.45) is 2.85. The number of aromatic amines is 1. The Bertz CT molecular complexity index is 1070. The molecule has 28 heavy (non-hydrogen) atoms. The first-order chi connectivity index (χ1) is 13.4. The fraction of sp³-hybridized carbons (Fsp3) is 0.312. The van der Waals surface area contributed by atoms with Crippen LogP contribution in [0.4, 0.5) is 0 Å². The number of nitrogens with one attached hydrogen (secondary N) is 1. The van der Waals surface area contributed by atoms with Gasteiger partial charge in [0.15, 0.2) is 0 Å². The van der Waals surface area contributed by atoms with Crippen molar-refractivity contribution in [3.8, 4) is 5.95 Å². The van der Waals surface area contributed by atoms with Crippen molar-refractivity contribution in [3.05, 3.63) is 48.3 Å². The summed E-state index contributed by atoms with van der Waals surface area (Å²) in [6.45, 7) is 2.88. The Morgan fingerprint density at radius 1 is 1.04 bits per heavy atom. The van der Waals surface area contributed by atoms with Crippen molar-refractivity contribution in [1.29, 1.82) is 0 Å². The maximum absolute atomic E-state index is 12.8. The number of H-pyrrole nitrogens is 1. The number of sulfonamides is 1. The molecule has 3 heterocycles. The SMILES string of the molecule is Cc1ccc(S(=O)(=O)N2CCN(C(=O)c3nc(-n4cnnc4)n[nH]3)CC2)cc1. The van der Waals surface area contributed by atoms with Gasteiger partial charge in [0.2, 0.25) is 15.8 Å². The first-order valence-electron chi connectivity index (χ1n) is 8.58. The third-order valence-electron chi connectivity index (χ3n) is 4.51. The Labute approximate surface area is 161 Å². The Kier molecular flexibility index (Phi) is 4.65. The third kappa shape index (κ3) is 3.39. The van der Waals surface area contributed by atoms with Crippen LogP contribution in [-0.4, -0.2) is 79.7 Å². The van der Waals surface area contributed by atoms with Crippen molar-refractivity contribution in [2.24, 2.45) is 0 Å². The lowest BCUT2D eigenvalue weighted by atomic mass is 10.2. The summed E-state index contributed by atoms with van der Waals surface area (Å²) in [6, 6.07) is 6.74. The molecule has 4 rings (SSSR count). The molecule has 1 aliphatic heterocycles. The zero-order valence-corrected chi connectivity index (χ0v) is 15.9. The van der Waals surface area contributed by atoms with E-state index in [0.717, 1.165) is 5.56 Å². The summed E-state index contributed by atoms with van der Waals surface area (Å²) in [7, 11) is -3.58. The molecular weight excluding hydrogens is 384 g/mol. The molecule has 0 spiro atoms. The number of rotatable bonds is 4. The minimum atomic E-state index is -3.58. The lowest BCUT2D eigenvalue weighted by molar-refractivity contribution is 0.0686. The standard InChI is InChI=1S/C16H18N8O3S/c1-12-2-4-13(5-3-12)28(26,27)24-8-6-22(7-9-24)15(25)14-19-16(21-20-14)23-10-17-18-11-23/h2-5,10-11H,6-9H2,1H3,(H,19,20,21). The Morgan fingerprint density at radius 2 is 1.68 bits per heavy atom. The summed E-state index contributed by atoms with van der Waals surface area (Å²) in [5.74, 6) is 0.00619. The van der Waals surface area contributed by atoms with Gasteiger partial charge in [0.05, 0.1) is 4.90 Å². The zero-order valence-electron chi connectivity index (χ0n) is 15.1. The van der Waals surface area contributed by atoms with Crippen LogP contribution in [0.2, 0.25) is 0 Å². The molecule has 0 saturated carbocycles. The number of nitrogens with zero attached hydrogens (tertiary/aromatic N) is 7. The number of piperazine rings is 1. The smallest absolute Gasteiger partial charge is 0.291 e. The summed E-state index contributed by atoms with van der Waals surface area (Å²) in [5, 5.41) is 13.9. The van der Waals surface area contributed by atoms with Gasteiger partial charge in [-0.15, -0.1) is 15.3 Å². The molecule has 2 aromatic heterocycles. The quantitative estimate of drug-likeness (QED) is 0.642. The Balaban J connectivity index is 1.42. The van der Waals surface area contributed by atoms with Crippen molar-refractivity contribution in [2.45, 2.75) is 11.8 Å². The Hall–Kier alpha value is -3.12. The number of benzene rings is 1.